The number of methoxy groups -OCH3 is 2. The van der Waals surface area contributed by atoms with Crippen molar-refractivity contribution >= 4 is 23.2 Å². The summed E-state index contributed by atoms with van der Waals surface area (Å²) in [5, 5.41) is 5.63. The van der Waals surface area contributed by atoms with Gasteiger partial charge in [0.2, 0.25) is 0 Å². The molecule has 2 N–H and O–H groups in total. The van der Waals surface area contributed by atoms with Gasteiger partial charge in [-0.15, -0.1) is 0 Å². The Bertz CT molecular complexity index is 1030. The van der Waals surface area contributed by atoms with E-state index in [1.807, 2.05) is 31.2 Å². The second-order valence-corrected chi connectivity index (χ2v) is 6.42. The summed E-state index contributed by atoms with van der Waals surface area (Å²) in [6.45, 7) is 1.98. The molecule has 0 aliphatic heterocycles. The monoisotopic (exact) mass is 390 g/mol. The first-order valence-corrected chi connectivity index (χ1v) is 9.01. The molecule has 3 rings (SSSR count). The zero-order valence-corrected chi connectivity index (χ0v) is 16.5. The number of carbonyl (C=O) groups excluding carboxylic acids is 2. The van der Waals surface area contributed by atoms with Crippen LogP contribution in [0.1, 0.15) is 26.3 Å². The van der Waals surface area contributed by atoms with Gasteiger partial charge in [-0.25, -0.2) is 0 Å². The highest BCUT2D eigenvalue weighted by atomic mass is 16.5. The van der Waals surface area contributed by atoms with Crippen LogP contribution in [0.3, 0.4) is 0 Å². The molecule has 3 aromatic rings. The minimum absolute atomic E-state index is 0.283. The van der Waals surface area contributed by atoms with E-state index >= 15 is 0 Å². The molecule has 0 aromatic heterocycles. The molecule has 0 aliphatic carbocycles. The Balaban J connectivity index is 1.73. The van der Waals surface area contributed by atoms with Crippen molar-refractivity contribution in [1.29, 1.82) is 0 Å². The van der Waals surface area contributed by atoms with Gasteiger partial charge in [-0.3, -0.25) is 9.59 Å². The molecule has 0 atom stereocenters. The first-order chi connectivity index (χ1) is 14.0. The van der Waals surface area contributed by atoms with E-state index in [4.69, 9.17) is 9.47 Å². The van der Waals surface area contributed by atoms with Gasteiger partial charge in [0.05, 0.1) is 14.2 Å². The molecule has 148 valence electrons. The van der Waals surface area contributed by atoms with Crippen molar-refractivity contribution in [2.75, 3.05) is 24.9 Å². The lowest BCUT2D eigenvalue weighted by Crippen LogP contribution is -2.15. The third-order valence-electron chi connectivity index (χ3n) is 4.34. The second-order valence-electron chi connectivity index (χ2n) is 6.42. The summed E-state index contributed by atoms with van der Waals surface area (Å²) < 4.78 is 10.4. The number of benzene rings is 3. The second kappa shape index (κ2) is 8.93. The van der Waals surface area contributed by atoms with E-state index in [9.17, 15) is 9.59 Å². The number of amides is 2. The molecule has 3 aromatic carbocycles. The van der Waals surface area contributed by atoms with Gasteiger partial charge in [0.25, 0.3) is 11.8 Å². The molecule has 0 unspecified atom stereocenters. The van der Waals surface area contributed by atoms with Crippen LogP contribution in [-0.2, 0) is 0 Å². The molecule has 0 aliphatic rings. The Morgan fingerprint density at radius 1 is 0.690 bits per heavy atom. The summed E-state index contributed by atoms with van der Waals surface area (Å²) in [5.74, 6) is 0.466. The number of carbonyl (C=O) groups is 2. The maximum atomic E-state index is 12.6. The number of hydrogen-bond donors (Lipinski definition) is 2. The number of rotatable bonds is 6. The van der Waals surface area contributed by atoms with Crippen LogP contribution in [0.5, 0.6) is 11.5 Å². The average Bonchev–Trinajstić information content (AvgIpc) is 2.75. The zero-order chi connectivity index (χ0) is 20.8. The van der Waals surface area contributed by atoms with Crippen LogP contribution in [0.2, 0.25) is 0 Å². The van der Waals surface area contributed by atoms with Crippen LogP contribution >= 0.6 is 0 Å². The smallest absolute Gasteiger partial charge is 0.255 e. The average molecular weight is 390 g/mol. The Labute approximate surface area is 169 Å². The molecular formula is C23H22N2O4. The van der Waals surface area contributed by atoms with Crippen molar-refractivity contribution in [2.24, 2.45) is 0 Å². The first-order valence-electron chi connectivity index (χ1n) is 9.01. The molecule has 0 fully saturated rings. The molecule has 0 radical (unpaired) electrons. The lowest BCUT2D eigenvalue weighted by molar-refractivity contribution is 0.102. The highest BCUT2D eigenvalue weighted by molar-refractivity contribution is 6.08. The highest BCUT2D eigenvalue weighted by Gasteiger charge is 2.12. The molecule has 6 nitrogen and oxygen atoms in total. The van der Waals surface area contributed by atoms with Gasteiger partial charge in [0, 0.05) is 28.6 Å². The number of aryl methyl sites for hydroxylation is 1. The summed E-state index contributed by atoms with van der Waals surface area (Å²) in [6, 6.07) is 19.1. The molecule has 0 bridgehead atoms. The Kier molecular flexibility index (Phi) is 6.14. The molecule has 2 amide bonds. The van der Waals surface area contributed by atoms with Crippen LogP contribution in [-0.4, -0.2) is 26.0 Å². The number of nitrogens with one attached hydrogen (secondary N) is 2. The van der Waals surface area contributed by atoms with Crippen LogP contribution in [0, 0.1) is 6.92 Å². The lowest BCUT2D eigenvalue weighted by atomic mass is 10.1. The van der Waals surface area contributed by atoms with Crippen molar-refractivity contribution in [2.45, 2.75) is 6.92 Å². The highest BCUT2D eigenvalue weighted by Crippen LogP contribution is 2.30. The Morgan fingerprint density at radius 2 is 1.24 bits per heavy atom. The number of hydrogen-bond acceptors (Lipinski definition) is 4. The zero-order valence-electron chi connectivity index (χ0n) is 16.5. The number of ether oxygens (including phenoxy) is 2. The molecular weight excluding hydrogens is 368 g/mol. The van der Waals surface area contributed by atoms with Crippen molar-refractivity contribution in [1.82, 2.24) is 0 Å². The summed E-state index contributed by atoms with van der Waals surface area (Å²) in [6.07, 6.45) is 0. The van der Waals surface area contributed by atoms with E-state index in [1.165, 1.54) is 7.11 Å². The maximum Gasteiger partial charge on any atom is 0.255 e. The van der Waals surface area contributed by atoms with Crippen molar-refractivity contribution < 1.29 is 19.1 Å². The van der Waals surface area contributed by atoms with E-state index in [1.54, 1.807) is 49.6 Å². The summed E-state index contributed by atoms with van der Waals surface area (Å²) in [5.41, 5.74) is 3.13. The first kappa shape index (κ1) is 19.9. The van der Waals surface area contributed by atoms with Crippen LogP contribution in [0.15, 0.2) is 66.7 Å². The van der Waals surface area contributed by atoms with Gasteiger partial charge in [0.1, 0.15) is 0 Å². The van der Waals surface area contributed by atoms with Gasteiger partial charge >= 0.3 is 0 Å². The Morgan fingerprint density at radius 3 is 1.83 bits per heavy atom. The SMILES string of the molecule is COc1ccc(NC(=O)c2cccc(C(=O)Nc3ccc(C)cc3)c2)cc1OC. The van der Waals surface area contributed by atoms with Gasteiger partial charge in [-0.1, -0.05) is 23.8 Å². The summed E-state index contributed by atoms with van der Waals surface area (Å²) in [4.78, 5) is 25.1. The fourth-order valence-corrected chi connectivity index (χ4v) is 2.76. The lowest BCUT2D eigenvalue weighted by Gasteiger charge is -2.11. The van der Waals surface area contributed by atoms with Crippen molar-refractivity contribution in [3.63, 3.8) is 0 Å². The van der Waals surface area contributed by atoms with E-state index in [0.717, 1.165) is 5.56 Å². The van der Waals surface area contributed by atoms with Gasteiger partial charge < -0.3 is 20.1 Å². The van der Waals surface area contributed by atoms with Crippen molar-refractivity contribution in [3.8, 4) is 11.5 Å². The molecule has 0 heterocycles. The number of anilines is 2. The van der Waals surface area contributed by atoms with Crippen LogP contribution in [0.4, 0.5) is 11.4 Å². The molecule has 0 saturated carbocycles. The quantitative estimate of drug-likeness (QED) is 0.649. The molecule has 0 saturated heterocycles. The van der Waals surface area contributed by atoms with Gasteiger partial charge in [-0.2, -0.15) is 0 Å². The topological polar surface area (TPSA) is 76.7 Å². The normalized spacial score (nSPS) is 10.2. The maximum absolute atomic E-state index is 12.6. The molecule has 6 heteroatoms. The minimum atomic E-state index is -0.331. The van der Waals surface area contributed by atoms with Crippen LogP contribution < -0.4 is 20.1 Å². The van der Waals surface area contributed by atoms with Gasteiger partial charge in [0.15, 0.2) is 11.5 Å². The standard InChI is InChI=1S/C23H22N2O4/c1-15-7-9-18(10-8-15)24-22(26)16-5-4-6-17(13-16)23(27)25-19-11-12-20(28-2)21(14-19)29-3/h4-14H,1-3H3,(H,24,26)(H,25,27). The predicted molar refractivity (Wildman–Crippen MR) is 113 cm³/mol. The largest absolute Gasteiger partial charge is 0.493 e. The summed E-state index contributed by atoms with van der Waals surface area (Å²) in [7, 11) is 3.07. The van der Waals surface area contributed by atoms with E-state index in [0.29, 0.717) is 34.0 Å². The fourth-order valence-electron chi connectivity index (χ4n) is 2.76. The minimum Gasteiger partial charge on any atom is -0.493 e. The molecule has 0 spiro atoms. The third-order valence-corrected chi connectivity index (χ3v) is 4.34. The van der Waals surface area contributed by atoms with E-state index < -0.39 is 0 Å². The van der Waals surface area contributed by atoms with Gasteiger partial charge in [-0.05, 0) is 49.4 Å². The fraction of sp³-hybridized carbons (Fsp3) is 0.130. The Hall–Kier alpha value is -3.80. The molecule has 29 heavy (non-hydrogen) atoms. The van der Waals surface area contributed by atoms with Crippen molar-refractivity contribution in [3.05, 3.63) is 83.4 Å². The third kappa shape index (κ3) is 4.93. The van der Waals surface area contributed by atoms with E-state index in [2.05, 4.69) is 10.6 Å². The van der Waals surface area contributed by atoms with E-state index in [-0.39, 0.29) is 11.8 Å². The summed E-state index contributed by atoms with van der Waals surface area (Å²) >= 11 is 0. The predicted octanol–water partition coefficient (Wildman–Crippen LogP) is 4.52. The van der Waals surface area contributed by atoms with Crippen LogP contribution in [0.25, 0.3) is 0 Å².